The first kappa shape index (κ1) is 19.6. The summed E-state index contributed by atoms with van der Waals surface area (Å²) < 4.78 is 5.56. The summed E-state index contributed by atoms with van der Waals surface area (Å²) in [6, 6.07) is 6.54. The number of carbonyl (C=O) groups excluding carboxylic acids is 1. The van der Waals surface area contributed by atoms with Gasteiger partial charge < -0.3 is 10.1 Å². The molecule has 0 radical (unpaired) electrons. The highest BCUT2D eigenvalue weighted by atomic mass is 35.5. The quantitative estimate of drug-likeness (QED) is 0.589. The normalized spacial score (nSPS) is 11.1. The number of carbonyl (C=O) groups is 1. The van der Waals surface area contributed by atoms with E-state index in [0.717, 1.165) is 5.69 Å². The molecule has 0 saturated heterocycles. The molecule has 28 heavy (non-hydrogen) atoms. The van der Waals surface area contributed by atoms with E-state index in [2.05, 4.69) is 51.6 Å². The maximum atomic E-state index is 12.3. The van der Waals surface area contributed by atoms with Crippen LogP contribution in [-0.2, 0) is 12.0 Å². The van der Waals surface area contributed by atoms with Crippen molar-refractivity contribution in [3.05, 3.63) is 59.1 Å². The van der Waals surface area contributed by atoms with Gasteiger partial charge in [0.1, 0.15) is 6.61 Å². The van der Waals surface area contributed by atoms with Crippen molar-refractivity contribution in [2.75, 3.05) is 10.6 Å². The van der Waals surface area contributed by atoms with Crippen LogP contribution in [0.4, 0.5) is 16.3 Å². The second-order valence-corrected chi connectivity index (χ2v) is 7.54. The lowest BCUT2D eigenvalue weighted by molar-refractivity contribution is 0.262. The van der Waals surface area contributed by atoms with Gasteiger partial charge in [0, 0.05) is 45.8 Å². The monoisotopic (exact) mass is 400 g/mol. The molecular weight excluding hydrogens is 380 g/mol. The van der Waals surface area contributed by atoms with E-state index in [1.165, 1.54) is 6.20 Å². The fourth-order valence-electron chi connectivity index (χ4n) is 2.32. The first-order valence-electron chi connectivity index (χ1n) is 8.62. The molecule has 0 aliphatic carbocycles. The van der Waals surface area contributed by atoms with Crippen molar-refractivity contribution in [3.8, 4) is 5.88 Å². The third-order valence-corrected chi connectivity index (χ3v) is 4.21. The molecule has 3 aromatic rings. The van der Waals surface area contributed by atoms with Crippen molar-refractivity contribution in [1.29, 1.82) is 0 Å². The Hall–Kier alpha value is -3.13. The first-order valence-corrected chi connectivity index (χ1v) is 9.00. The Morgan fingerprint density at radius 3 is 2.71 bits per heavy atom. The molecule has 0 aliphatic heterocycles. The average Bonchev–Trinajstić information content (AvgIpc) is 3.12. The summed E-state index contributed by atoms with van der Waals surface area (Å²) in [5.74, 6) is 0.838. The predicted molar refractivity (Wildman–Crippen MR) is 108 cm³/mol. The first-order chi connectivity index (χ1) is 13.3. The molecule has 0 fully saturated rings. The number of anilines is 2. The number of aromatic amines is 1. The van der Waals surface area contributed by atoms with Gasteiger partial charge in [-0.3, -0.25) is 15.4 Å². The predicted octanol–water partition coefficient (Wildman–Crippen LogP) is 4.37. The molecule has 3 rings (SSSR count). The largest absolute Gasteiger partial charge is 0.472 e. The number of hydrogen-bond donors (Lipinski definition) is 3. The standard InChI is InChI=1S/C19H21ClN6O2/c1-19(2,3)15-9-16(26-25-15)24-18(27)23-13-4-5-14(20)12(8-13)11-28-17-10-21-6-7-22-17/h4-10H,11H2,1-3H3,(H3,23,24,25,26,27). The summed E-state index contributed by atoms with van der Waals surface area (Å²) in [4.78, 5) is 20.2. The lowest BCUT2D eigenvalue weighted by Crippen LogP contribution is -2.19. The second kappa shape index (κ2) is 8.26. The molecule has 9 heteroatoms. The van der Waals surface area contributed by atoms with Gasteiger partial charge in [0.2, 0.25) is 5.88 Å². The number of amides is 2. The van der Waals surface area contributed by atoms with Gasteiger partial charge in [-0.05, 0) is 18.2 Å². The van der Waals surface area contributed by atoms with Gasteiger partial charge in [0.25, 0.3) is 0 Å². The summed E-state index contributed by atoms with van der Waals surface area (Å²) in [5, 5.41) is 13.0. The molecule has 0 unspecified atom stereocenters. The lowest BCUT2D eigenvalue weighted by Gasteiger charge is -2.14. The molecule has 0 spiro atoms. The van der Waals surface area contributed by atoms with E-state index in [-0.39, 0.29) is 12.0 Å². The highest BCUT2D eigenvalue weighted by molar-refractivity contribution is 6.31. The van der Waals surface area contributed by atoms with Crippen molar-refractivity contribution < 1.29 is 9.53 Å². The van der Waals surface area contributed by atoms with Crippen LogP contribution in [0.5, 0.6) is 5.88 Å². The van der Waals surface area contributed by atoms with Gasteiger partial charge in [-0.15, -0.1) is 0 Å². The highest BCUT2D eigenvalue weighted by Crippen LogP contribution is 2.23. The summed E-state index contributed by atoms with van der Waals surface area (Å²) >= 11 is 6.22. The van der Waals surface area contributed by atoms with Gasteiger partial charge in [-0.2, -0.15) is 5.10 Å². The third-order valence-electron chi connectivity index (χ3n) is 3.85. The number of ether oxygens (including phenoxy) is 1. The maximum absolute atomic E-state index is 12.3. The van der Waals surface area contributed by atoms with Gasteiger partial charge in [0.15, 0.2) is 5.82 Å². The number of urea groups is 1. The van der Waals surface area contributed by atoms with Crippen LogP contribution in [0.3, 0.4) is 0 Å². The van der Waals surface area contributed by atoms with E-state index < -0.39 is 6.03 Å². The third kappa shape index (κ3) is 5.20. The van der Waals surface area contributed by atoms with Crippen molar-refractivity contribution in [2.45, 2.75) is 32.8 Å². The van der Waals surface area contributed by atoms with E-state index in [1.807, 2.05) is 6.07 Å². The smallest absolute Gasteiger partial charge is 0.324 e. The summed E-state index contributed by atoms with van der Waals surface area (Å²) in [5.41, 5.74) is 2.13. The molecule has 0 bridgehead atoms. The summed E-state index contributed by atoms with van der Waals surface area (Å²) in [7, 11) is 0. The zero-order chi connectivity index (χ0) is 20.1. The molecule has 8 nitrogen and oxygen atoms in total. The van der Waals surface area contributed by atoms with Crippen LogP contribution in [0.15, 0.2) is 42.9 Å². The number of rotatable bonds is 5. The van der Waals surface area contributed by atoms with Crippen LogP contribution in [0, 0.1) is 0 Å². The molecule has 3 N–H and O–H groups in total. The van der Waals surface area contributed by atoms with Gasteiger partial charge in [-0.1, -0.05) is 32.4 Å². The number of halogens is 1. The van der Waals surface area contributed by atoms with Crippen molar-refractivity contribution in [1.82, 2.24) is 20.2 Å². The molecule has 0 aliphatic rings. The van der Waals surface area contributed by atoms with Crippen LogP contribution >= 0.6 is 11.6 Å². The molecule has 2 aromatic heterocycles. The Bertz CT molecular complexity index is 953. The minimum atomic E-state index is -0.407. The number of aromatic nitrogens is 4. The second-order valence-electron chi connectivity index (χ2n) is 7.13. The number of hydrogen-bond acceptors (Lipinski definition) is 5. The molecule has 2 heterocycles. The SMILES string of the molecule is CC(C)(C)c1cc(NC(=O)Nc2ccc(Cl)c(COc3cnccn3)c2)n[nH]1. The molecule has 0 saturated carbocycles. The molecule has 2 amide bonds. The number of nitrogens with zero attached hydrogens (tertiary/aromatic N) is 3. The van der Waals surface area contributed by atoms with E-state index in [1.54, 1.807) is 30.6 Å². The van der Waals surface area contributed by atoms with E-state index in [9.17, 15) is 4.79 Å². The Balaban J connectivity index is 1.62. The fraction of sp³-hybridized carbons (Fsp3) is 0.263. The van der Waals surface area contributed by atoms with E-state index in [0.29, 0.717) is 28.0 Å². The van der Waals surface area contributed by atoms with Gasteiger partial charge >= 0.3 is 6.03 Å². The summed E-state index contributed by atoms with van der Waals surface area (Å²) in [6.45, 7) is 6.37. The molecule has 0 atom stereocenters. The van der Waals surface area contributed by atoms with Gasteiger partial charge in [-0.25, -0.2) is 9.78 Å². The lowest BCUT2D eigenvalue weighted by atomic mass is 9.92. The zero-order valence-electron chi connectivity index (χ0n) is 15.8. The average molecular weight is 401 g/mol. The van der Waals surface area contributed by atoms with Crippen molar-refractivity contribution >= 4 is 29.1 Å². The molecular formula is C19H21ClN6O2. The van der Waals surface area contributed by atoms with Crippen molar-refractivity contribution in [3.63, 3.8) is 0 Å². The highest BCUT2D eigenvalue weighted by Gasteiger charge is 2.17. The Morgan fingerprint density at radius 2 is 2.04 bits per heavy atom. The zero-order valence-corrected chi connectivity index (χ0v) is 16.5. The van der Waals surface area contributed by atoms with Crippen molar-refractivity contribution in [2.24, 2.45) is 0 Å². The fourth-order valence-corrected chi connectivity index (χ4v) is 2.50. The number of benzene rings is 1. The van der Waals surface area contributed by atoms with E-state index >= 15 is 0 Å². The van der Waals surface area contributed by atoms with Crippen LogP contribution in [0.25, 0.3) is 0 Å². The minimum Gasteiger partial charge on any atom is -0.472 e. The van der Waals surface area contributed by atoms with Crippen LogP contribution in [-0.4, -0.2) is 26.2 Å². The molecule has 146 valence electrons. The Morgan fingerprint density at radius 1 is 1.21 bits per heavy atom. The van der Waals surface area contributed by atoms with Crippen LogP contribution in [0.1, 0.15) is 32.0 Å². The number of nitrogens with one attached hydrogen (secondary N) is 3. The Labute approximate surface area is 167 Å². The van der Waals surface area contributed by atoms with Gasteiger partial charge in [0.05, 0.1) is 6.20 Å². The van der Waals surface area contributed by atoms with Crippen LogP contribution < -0.4 is 15.4 Å². The summed E-state index contributed by atoms with van der Waals surface area (Å²) in [6.07, 6.45) is 4.62. The van der Waals surface area contributed by atoms with Crippen LogP contribution in [0.2, 0.25) is 5.02 Å². The van der Waals surface area contributed by atoms with E-state index in [4.69, 9.17) is 16.3 Å². The topological polar surface area (TPSA) is 105 Å². The molecule has 1 aromatic carbocycles. The number of H-pyrrole nitrogens is 1. The maximum Gasteiger partial charge on any atom is 0.324 e. The minimum absolute atomic E-state index is 0.0857. The Kier molecular flexibility index (Phi) is 5.79.